The highest BCUT2D eigenvalue weighted by atomic mass is 31.1. The Labute approximate surface area is 62.8 Å². The van der Waals surface area contributed by atoms with E-state index < -0.39 is 8.18 Å². The van der Waals surface area contributed by atoms with Crippen molar-refractivity contribution in [1.82, 2.24) is 5.09 Å². The molecule has 0 aliphatic rings. The van der Waals surface area contributed by atoms with Gasteiger partial charge in [0.05, 0.1) is 0 Å². The van der Waals surface area contributed by atoms with Gasteiger partial charge in [0.15, 0.2) is 0 Å². The first-order valence-electron chi connectivity index (χ1n) is 3.74. The summed E-state index contributed by atoms with van der Waals surface area (Å²) in [5, 5.41) is 2.51. The van der Waals surface area contributed by atoms with Crippen LogP contribution in [0.2, 0.25) is 0 Å². The third-order valence-electron chi connectivity index (χ3n) is 1.31. The van der Waals surface area contributed by atoms with Crippen LogP contribution in [-0.2, 0) is 4.57 Å². The lowest BCUT2D eigenvalue weighted by atomic mass is 10.2. The Morgan fingerprint density at radius 3 is 2.60 bits per heavy atom. The molecule has 4 heteroatoms. The van der Waals surface area contributed by atoms with Gasteiger partial charge in [0.25, 0.3) is 8.18 Å². The van der Waals surface area contributed by atoms with Gasteiger partial charge in [-0.2, -0.15) is 0 Å². The number of unbranched alkanes of at least 4 members (excludes halogenated alkanes) is 3. The Morgan fingerprint density at radius 2 is 2.10 bits per heavy atom. The van der Waals surface area contributed by atoms with Crippen molar-refractivity contribution in [1.29, 1.82) is 0 Å². The van der Waals surface area contributed by atoms with E-state index in [1.807, 2.05) is 0 Å². The zero-order valence-electron chi connectivity index (χ0n) is 6.39. The standard InChI is InChI=1S/C6H16NO2P/c1-2-3-4-5-6-7-10(8)9/h10H,2-6H2,1H3,(H2,7,8,9). The van der Waals surface area contributed by atoms with Crippen molar-refractivity contribution in [2.45, 2.75) is 32.6 Å². The van der Waals surface area contributed by atoms with Crippen LogP contribution in [0.5, 0.6) is 0 Å². The predicted molar refractivity (Wildman–Crippen MR) is 43.4 cm³/mol. The Morgan fingerprint density at radius 1 is 1.40 bits per heavy atom. The maximum absolute atomic E-state index is 10.1. The first-order chi connectivity index (χ1) is 4.77. The van der Waals surface area contributed by atoms with Gasteiger partial charge in [-0.1, -0.05) is 26.2 Å². The number of hydrogen-bond donors (Lipinski definition) is 2. The van der Waals surface area contributed by atoms with Gasteiger partial charge in [-0.3, -0.25) is 4.57 Å². The fraction of sp³-hybridized carbons (Fsp3) is 1.00. The Balaban J connectivity index is 2.84. The molecule has 0 aromatic carbocycles. The minimum absolute atomic E-state index is 0.675. The summed E-state index contributed by atoms with van der Waals surface area (Å²) in [5.41, 5.74) is 0. The van der Waals surface area contributed by atoms with Crippen molar-refractivity contribution in [3.05, 3.63) is 0 Å². The van der Waals surface area contributed by atoms with E-state index in [9.17, 15) is 4.57 Å². The van der Waals surface area contributed by atoms with Crippen molar-refractivity contribution < 1.29 is 9.46 Å². The second-order valence-corrected chi connectivity index (χ2v) is 3.26. The molecule has 2 N–H and O–H groups in total. The fourth-order valence-electron chi connectivity index (χ4n) is 0.747. The summed E-state index contributed by atoms with van der Waals surface area (Å²) in [6.45, 7) is 2.82. The topological polar surface area (TPSA) is 49.3 Å². The molecule has 62 valence electrons. The lowest BCUT2D eigenvalue weighted by molar-refractivity contribution is 0.487. The van der Waals surface area contributed by atoms with Crippen molar-refractivity contribution in [3.63, 3.8) is 0 Å². The third-order valence-corrected chi connectivity index (χ3v) is 1.86. The van der Waals surface area contributed by atoms with Crippen molar-refractivity contribution >= 4 is 8.18 Å². The van der Waals surface area contributed by atoms with E-state index in [1.54, 1.807) is 0 Å². The molecule has 0 fully saturated rings. The van der Waals surface area contributed by atoms with Crippen LogP contribution in [0.1, 0.15) is 32.6 Å². The zero-order chi connectivity index (χ0) is 7.82. The van der Waals surface area contributed by atoms with Gasteiger partial charge in [-0.25, -0.2) is 5.09 Å². The van der Waals surface area contributed by atoms with E-state index >= 15 is 0 Å². The maximum Gasteiger partial charge on any atom is 0.255 e. The molecule has 0 aliphatic heterocycles. The smallest absolute Gasteiger partial charge is 0.255 e. The number of rotatable bonds is 6. The van der Waals surface area contributed by atoms with Crippen LogP contribution in [0.3, 0.4) is 0 Å². The number of nitrogens with one attached hydrogen (secondary N) is 1. The van der Waals surface area contributed by atoms with Crippen LogP contribution < -0.4 is 5.09 Å². The van der Waals surface area contributed by atoms with Crippen LogP contribution in [0.4, 0.5) is 0 Å². The zero-order valence-corrected chi connectivity index (χ0v) is 7.39. The van der Waals surface area contributed by atoms with Gasteiger partial charge >= 0.3 is 0 Å². The molecule has 0 radical (unpaired) electrons. The van der Waals surface area contributed by atoms with E-state index in [0.29, 0.717) is 6.54 Å². The number of hydrogen-bond acceptors (Lipinski definition) is 1. The summed E-state index contributed by atoms with van der Waals surface area (Å²) >= 11 is 0. The summed E-state index contributed by atoms with van der Waals surface area (Å²) in [5.74, 6) is 0. The van der Waals surface area contributed by atoms with Crippen LogP contribution in [0, 0.1) is 0 Å². The third kappa shape index (κ3) is 8.15. The maximum atomic E-state index is 10.1. The van der Waals surface area contributed by atoms with Crippen LogP contribution in [-0.4, -0.2) is 11.4 Å². The highest BCUT2D eigenvalue weighted by Crippen LogP contribution is 2.05. The van der Waals surface area contributed by atoms with E-state index in [-0.39, 0.29) is 0 Å². The minimum atomic E-state index is -2.42. The highest BCUT2D eigenvalue weighted by molar-refractivity contribution is 7.35. The average molecular weight is 165 g/mol. The molecule has 0 heterocycles. The molecule has 0 aromatic heterocycles. The molecule has 1 unspecified atom stereocenters. The summed E-state index contributed by atoms with van der Waals surface area (Å²) in [7, 11) is -2.42. The van der Waals surface area contributed by atoms with Crippen LogP contribution in [0.25, 0.3) is 0 Å². The van der Waals surface area contributed by atoms with E-state index in [0.717, 1.165) is 12.8 Å². The molecular formula is C6H16NO2P. The first-order valence-corrected chi connectivity index (χ1v) is 5.09. The SMILES string of the molecule is CCCCCCN[PH](=O)O. The van der Waals surface area contributed by atoms with Gasteiger partial charge in [0, 0.05) is 6.54 Å². The largest absolute Gasteiger partial charge is 0.335 e. The Bertz CT molecular complexity index is 97.7. The van der Waals surface area contributed by atoms with Crippen molar-refractivity contribution in [2.24, 2.45) is 0 Å². The summed E-state index contributed by atoms with van der Waals surface area (Å²) in [6, 6.07) is 0. The van der Waals surface area contributed by atoms with Crippen molar-refractivity contribution in [2.75, 3.05) is 6.54 Å². The second-order valence-electron chi connectivity index (χ2n) is 2.29. The van der Waals surface area contributed by atoms with E-state index in [2.05, 4.69) is 12.0 Å². The van der Waals surface area contributed by atoms with Gasteiger partial charge in [0.1, 0.15) is 0 Å². The van der Waals surface area contributed by atoms with Crippen molar-refractivity contribution in [3.8, 4) is 0 Å². The highest BCUT2D eigenvalue weighted by Gasteiger charge is 1.89. The fourth-order valence-corrected chi connectivity index (χ4v) is 1.14. The molecule has 0 amide bonds. The Hall–Kier alpha value is 0.150. The molecule has 0 saturated carbocycles. The molecule has 0 aliphatic carbocycles. The quantitative estimate of drug-likeness (QED) is 0.463. The Kier molecular flexibility index (Phi) is 7.37. The average Bonchev–Trinajstić information content (AvgIpc) is 1.87. The summed E-state index contributed by atoms with van der Waals surface area (Å²) in [6.07, 6.45) is 4.58. The van der Waals surface area contributed by atoms with Gasteiger partial charge < -0.3 is 4.89 Å². The molecular weight excluding hydrogens is 149 g/mol. The van der Waals surface area contributed by atoms with Gasteiger partial charge in [-0.05, 0) is 6.42 Å². The van der Waals surface area contributed by atoms with Crippen LogP contribution >= 0.6 is 8.18 Å². The van der Waals surface area contributed by atoms with E-state index in [1.165, 1.54) is 12.8 Å². The van der Waals surface area contributed by atoms with E-state index in [4.69, 9.17) is 4.89 Å². The molecule has 0 aromatic rings. The molecule has 3 nitrogen and oxygen atoms in total. The minimum Gasteiger partial charge on any atom is -0.335 e. The first kappa shape index (κ1) is 10.2. The molecule has 0 rings (SSSR count). The van der Waals surface area contributed by atoms with Gasteiger partial charge in [0.2, 0.25) is 0 Å². The second kappa shape index (κ2) is 7.26. The normalized spacial score (nSPS) is 13.4. The molecule has 0 spiro atoms. The monoisotopic (exact) mass is 165 g/mol. The lowest BCUT2D eigenvalue weighted by Crippen LogP contribution is -2.04. The van der Waals surface area contributed by atoms with Crippen LogP contribution in [0.15, 0.2) is 0 Å². The molecule has 0 saturated heterocycles. The van der Waals surface area contributed by atoms with Gasteiger partial charge in [-0.15, -0.1) is 0 Å². The molecule has 0 bridgehead atoms. The summed E-state index contributed by atoms with van der Waals surface area (Å²) < 4.78 is 10.1. The lowest BCUT2D eigenvalue weighted by Gasteiger charge is -1.98. The molecule has 1 atom stereocenters. The molecule has 10 heavy (non-hydrogen) atoms. The summed E-state index contributed by atoms with van der Waals surface area (Å²) in [4.78, 5) is 8.34. The predicted octanol–water partition coefficient (Wildman–Crippen LogP) is 1.54.